The van der Waals surface area contributed by atoms with Crippen LogP contribution in [0.15, 0.2) is 16.9 Å². The molecule has 3 N–H and O–H groups in total. The number of nitro benzene ring substituents is 1. The lowest BCUT2D eigenvalue weighted by atomic mass is 9.86. The van der Waals surface area contributed by atoms with E-state index in [-0.39, 0.29) is 72.1 Å². The van der Waals surface area contributed by atoms with Gasteiger partial charge >= 0.3 is 11.7 Å². The van der Waals surface area contributed by atoms with Crippen LogP contribution in [0.5, 0.6) is 11.5 Å². The van der Waals surface area contributed by atoms with E-state index in [2.05, 4.69) is 4.98 Å². The van der Waals surface area contributed by atoms with Crippen molar-refractivity contribution in [2.45, 2.75) is 38.6 Å². The maximum Gasteiger partial charge on any atom is 0.343 e. The van der Waals surface area contributed by atoms with Crippen molar-refractivity contribution in [3.05, 3.63) is 54.9 Å². The number of nitrogens with two attached hydrogens (primary N) is 1. The summed E-state index contributed by atoms with van der Waals surface area (Å²) in [4.78, 5) is 41.8. The molecule has 34 heavy (non-hydrogen) atoms. The van der Waals surface area contributed by atoms with Crippen molar-refractivity contribution in [3.8, 4) is 22.9 Å². The van der Waals surface area contributed by atoms with Crippen molar-refractivity contribution in [3.63, 3.8) is 0 Å². The predicted octanol–water partition coefficient (Wildman–Crippen LogP) is 1.18. The van der Waals surface area contributed by atoms with Crippen molar-refractivity contribution in [1.82, 2.24) is 9.55 Å². The first-order valence-electron chi connectivity index (χ1n) is 10.6. The number of hydrogen-bond acceptors (Lipinski definition) is 10. The first-order chi connectivity index (χ1) is 16.3. The monoisotopic (exact) mass is 466 g/mol. The van der Waals surface area contributed by atoms with E-state index >= 15 is 0 Å². The van der Waals surface area contributed by atoms with Crippen LogP contribution in [0, 0.1) is 10.1 Å². The lowest BCUT2D eigenvalue weighted by Gasteiger charge is -2.31. The van der Waals surface area contributed by atoms with E-state index in [9.17, 15) is 24.8 Å². The lowest BCUT2D eigenvalue weighted by molar-refractivity contribution is -0.383. The molecule has 3 aromatic rings. The molecule has 0 aliphatic carbocycles. The maximum atomic E-state index is 13.4. The average molecular weight is 466 g/mol. The minimum Gasteiger partial charge on any atom is -0.458 e. The average Bonchev–Trinajstić information content (AvgIpc) is 3.43. The number of cyclic esters (lactones) is 1. The smallest absolute Gasteiger partial charge is 0.343 e. The molecule has 3 aliphatic heterocycles. The Kier molecular flexibility index (Phi) is 4.08. The van der Waals surface area contributed by atoms with Crippen molar-refractivity contribution in [2.24, 2.45) is 5.73 Å². The Labute approximate surface area is 190 Å². The predicted molar refractivity (Wildman–Crippen MR) is 115 cm³/mol. The van der Waals surface area contributed by atoms with E-state index in [1.807, 2.05) is 0 Å². The number of ether oxygens (including phenoxy) is 3. The number of carbonyl (C=O) groups is 1. The van der Waals surface area contributed by atoms with Crippen molar-refractivity contribution >= 4 is 22.6 Å². The molecule has 3 aliphatic rings. The molecule has 12 nitrogen and oxygen atoms in total. The highest BCUT2D eigenvalue weighted by molar-refractivity contribution is 5.99. The summed E-state index contributed by atoms with van der Waals surface area (Å²) in [5.41, 5.74) is 5.83. The summed E-state index contributed by atoms with van der Waals surface area (Å²) in [6.07, 6.45) is 0.0173. The minimum atomic E-state index is -1.95. The molecule has 0 amide bonds. The van der Waals surface area contributed by atoms with Gasteiger partial charge in [0.1, 0.15) is 6.61 Å². The van der Waals surface area contributed by atoms with Gasteiger partial charge in [-0.25, -0.2) is 9.78 Å². The summed E-state index contributed by atoms with van der Waals surface area (Å²) in [5.74, 6) is -0.609. The highest BCUT2D eigenvalue weighted by Crippen LogP contribution is 2.49. The van der Waals surface area contributed by atoms with E-state index in [0.29, 0.717) is 22.5 Å². The van der Waals surface area contributed by atoms with Crippen molar-refractivity contribution in [2.75, 3.05) is 6.79 Å². The Hall–Kier alpha value is -4.03. The summed E-state index contributed by atoms with van der Waals surface area (Å²) < 4.78 is 17.3. The molecule has 5 heterocycles. The van der Waals surface area contributed by atoms with Crippen LogP contribution >= 0.6 is 0 Å². The molecule has 12 heteroatoms. The zero-order chi connectivity index (χ0) is 23.9. The third-order valence-electron chi connectivity index (χ3n) is 6.79. The van der Waals surface area contributed by atoms with Crippen LogP contribution in [0.2, 0.25) is 0 Å². The van der Waals surface area contributed by atoms with Gasteiger partial charge in [0.2, 0.25) is 12.5 Å². The van der Waals surface area contributed by atoms with Crippen molar-refractivity contribution in [1.29, 1.82) is 0 Å². The third kappa shape index (κ3) is 2.41. The topological polar surface area (TPSA) is 169 Å². The molecule has 0 spiro atoms. The Morgan fingerprint density at radius 3 is 2.76 bits per heavy atom. The summed E-state index contributed by atoms with van der Waals surface area (Å²) >= 11 is 0. The highest BCUT2D eigenvalue weighted by Gasteiger charge is 2.45. The number of nitro groups is 1. The second-order valence-electron chi connectivity index (χ2n) is 8.33. The molecule has 0 saturated heterocycles. The molecule has 2 aromatic heterocycles. The van der Waals surface area contributed by atoms with Gasteiger partial charge in [0.15, 0.2) is 11.4 Å². The number of benzene rings is 1. The van der Waals surface area contributed by atoms with Gasteiger partial charge in [0.25, 0.3) is 5.56 Å². The van der Waals surface area contributed by atoms with Gasteiger partial charge in [-0.05, 0) is 18.1 Å². The number of nitrogens with zero attached hydrogens (tertiary/aromatic N) is 3. The number of pyridine rings is 2. The zero-order valence-electron chi connectivity index (χ0n) is 17.9. The fraction of sp³-hybridized carbons (Fsp3) is 0.318. The van der Waals surface area contributed by atoms with Gasteiger partial charge in [-0.3, -0.25) is 14.9 Å². The summed E-state index contributed by atoms with van der Waals surface area (Å²) in [5, 5.41) is 23.2. The van der Waals surface area contributed by atoms with Crippen LogP contribution in [-0.4, -0.2) is 32.3 Å². The largest absolute Gasteiger partial charge is 0.458 e. The summed E-state index contributed by atoms with van der Waals surface area (Å²) in [6.45, 7) is 1.24. The van der Waals surface area contributed by atoms with E-state index in [1.54, 1.807) is 19.1 Å². The molecule has 174 valence electrons. The van der Waals surface area contributed by atoms with Crippen LogP contribution in [-0.2, 0) is 34.8 Å². The van der Waals surface area contributed by atoms with Gasteiger partial charge in [0.05, 0.1) is 39.3 Å². The molecule has 6 rings (SSSR count). The van der Waals surface area contributed by atoms with Crippen molar-refractivity contribution < 1.29 is 29.0 Å². The molecule has 0 fully saturated rings. The summed E-state index contributed by atoms with van der Waals surface area (Å²) in [6, 6.07) is 3.12. The molecule has 1 atom stereocenters. The van der Waals surface area contributed by atoms with E-state index < -0.39 is 22.1 Å². The zero-order valence-corrected chi connectivity index (χ0v) is 17.9. The van der Waals surface area contributed by atoms with Gasteiger partial charge in [-0.15, -0.1) is 0 Å². The number of carbonyl (C=O) groups excluding carboxylic acids is 1. The first-order valence-corrected chi connectivity index (χ1v) is 10.6. The minimum absolute atomic E-state index is 0.0146. The van der Waals surface area contributed by atoms with E-state index in [4.69, 9.17) is 19.9 Å². The second-order valence-corrected chi connectivity index (χ2v) is 8.33. The fourth-order valence-electron chi connectivity index (χ4n) is 5.07. The highest BCUT2D eigenvalue weighted by atomic mass is 16.7. The number of esters is 1. The van der Waals surface area contributed by atoms with Gasteiger partial charge in [-0.1, -0.05) is 6.92 Å². The van der Waals surface area contributed by atoms with Gasteiger partial charge in [-0.2, -0.15) is 0 Å². The SMILES string of the molecule is CC[C@@]1(O)C(=O)OCc2c1cc1n(c2=O)Cc2c-1nc1cc3c(c([N+](=O)[O-])c1c2CN)OCO3. The van der Waals surface area contributed by atoms with Gasteiger partial charge in [0, 0.05) is 23.7 Å². The van der Waals surface area contributed by atoms with Crippen LogP contribution < -0.4 is 20.8 Å². The Balaban J connectivity index is 1.69. The van der Waals surface area contributed by atoms with Crippen LogP contribution in [0.25, 0.3) is 22.3 Å². The van der Waals surface area contributed by atoms with E-state index in [1.165, 1.54) is 4.57 Å². The Morgan fingerprint density at radius 2 is 2.06 bits per heavy atom. The second kappa shape index (κ2) is 6.74. The maximum absolute atomic E-state index is 13.4. The molecule has 0 radical (unpaired) electrons. The van der Waals surface area contributed by atoms with Gasteiger partial charge < -0.3 is 29.6 Å². The molecular weight excluding hydrogens is 448 g/mol. The molecule has 0 unspecified atom stereocenters. The van der Waals surface area contributed by atoms with Crippen LogP contribution in [0.3, 0.4) is 0 Å². The standard InChI is InChI=1S/C22H18N4O8/c1-2-22(29)12-3-14-17-10(6-25(14)20(27)11(12)7-32-21(22)28)9(5-23)16-13(24-17)4-15-19(34-8-33-15)18(16)26(30)31/h3-4,29H,2,5-8,23H2,1H3/t22-/m0/s1. The lowest BCUT2D eigenvalue weighted by Crippen LogP contribution is -2.44. The number of hydrogen-bond donors (Lipinski definition) is 2. The molecular formula is C22H18N4O8. The quantitative estimate of drug-likeness (QED) is 0.254. The Morgan fingerprint density at radius 1 is 1.26 bits per heavy atom. The number of fused-ring (bicyclic) bond motifs is 6. The third-order valence-corrected chi connectivity index (χ3v) is 6.79. The molecule has 0 saturated carbocycles. The number of aliphatic hydroxyl groups is 1. The molecule has 0 bridgehead atoms. The fourth-order valence-corrected chi connectivity index (χ4v) is 5.07. The molecule has 1 aromatic carbocycles. The normalized spacial score (nSPS) is 19.6. The Bertz CT molecular complexity index is 1530. The van der Waals surface area contributed by atoms with Crippen LogP contribution in [0.1, 0.15) is 35.6 Å². The number of rotatable bonds is 3. The number of aromatic nitrogens is 2. The summed E-state index contributed by atoms with van der Waals surface area (Å²) in [7, 11) is 0. The van der Waals surface area contributed by atoms with Crippen LogP contribution in [0.4, 0.5) is 5.69 Å². The van der Waals surface area contributed by atoms with E-state index in [0.717, 1.165) is 0 Å². The first kappa shape index (κ1) is 20.6.